The molecule has 0 aliphatic heterocycles. The zero-order chi connectivity index (χ0) is 13.3. The van der Waals surface area contributed by atoms with Crippen LogP contribution in [-0.4, -0.2) is 50.9 Å². The van der Waals surface area contributed by atoms with E-state index in [0.717, 1.165) is 6.42 Å². The molecular formula is C13H28HfN3. The third kappa shape index (κ3) is 1.76. The first-order valence-electron chi connectivity index (χ1n) is 6.38. The molecule has 0 saturated heterocycles. The van der Waals surface area contributed by atoms with Gasteiger partial charge in [0.15, 0.2) is 0 Å². The molecule has 17 heavy (non-hydrogen) atoms. The molecule has 1 aliphatic rings. The second-order valence-corrected chi connectivity index (χ2v) is 29.4. The van der Waals surface area contributed by atoms with E-state index in [9.17, 15) is 0 Å². The van der Waals surface area contributed by atoms with Gasteiger partial charge >= 0.3 is 109 Å². The third-order valence-corrected chi connectivity index (χ3v) is 35.9. The van der Waals surface area contributed by atoms with E-state index in [-0.39, 0.29) is 0 Å². The molecule has 99 valence electrons. The molecule has 0 aromatic carbocycles. The van der Waals surface area contributed by atoms with Crippen LogP contribution in [0.1, 0.15) is 13.3 Å². The van der Waals surface area contributed by atoms with Crippen molar-refractivity contribution in [3.63, 3.8) is 0 Å². The number of allylic oxidation sites excluding steroid dienone is 4. The molecule has 4 heteroatoms. The summed E-state index contributed by atoms with van der Waals surface area (Å²) in [5.74, 6) is 0. The molecule has 3 nitrogen and oxygen atoms in total. The molecule has 0 fully saturated rings. The van der Waals surface area contributed by atoms with E-state index < -0.39 is 19.4 Å². The van der Waals surface area contributed by atoms with Gasteiger partial charge in [0.2, 0.25) is 0 Å². The predicted molar refractivity (Wildman–Crippen MR) is 73.4 cm³/mol. The van der Waals surface area contributed by atoms with Crippen molar-refractivity contribution in [1.82, 2.24) is 8.66 Å². The summed E-state index contributed by atoms with van der Waals surface area (Å²) in [5.41, 5.74) is 0. The SMILES string of the molecule is C[CH2][Hf]([C]1=CC=CC1)([N](C)C)([N](C)C)[N](C)C. The molecule has 0 aromatic rings. The quantitative estimate of drug-likeness (QED) is 0.651. The number of nitrogens with zero attached hydrogens (tertiary/aromatic N) is 3. The summed E-state index contributed by atoms with van der Waals surface area (Å²) in [4.78, 5) is 0. The average Bonchev–Trinajstić information content (AvgIpc) is 2.72. The molecule has 0 radical (unpaired) electrons. The van der Waals surface area contributed by atoms with Crippen molar-refractivity contribution in [1.29, 1.82) is 0 Å². The van der Waals surface area contributed by atoms with Crippen LogP contribution >= 0.6 is 0 Å². The molecule has 0 spiro atoms. The normalized spacial score (nSPS) is 18.9. The van der Waals surface area contributed by atoms with Gasteiger partial charge < -0.3 is 0 Å². The standard InChI is InChI=1S/C5H5.3C2H6N.C2H5.Hf/c1-2-4-5-3-1;3*1-3-2;1-2;/h1-3H,4H2;3*1-2H3;1H2,2H3;/q;3*-1;;+3. The van der Waals surface area contributed by atoms with Crippen molar-refractivity contribution >= 4 is 0 Å². The summed E-state index contributed by atoms with van der Waals surface area (Å²) in [7, 11) is 13.6. The van der Waals surface area contributed by atoms with E-state index in [1.807, 2.05) is 0 Å². The van der Waals surface area contributed by atoms with Gasteiger partial charge in [-0.25, -0.2) is 0 Å². The molecule has 1 rings (SSSR count). The van der Waals surface area contributed by atoms with Crippen LogP contribution in [0, 0.1) is 0 Å². The monoisotopic (exact) mass is 406 g/mol. The Morgan fingerprint density at radius 3 is 1.71 bits per heavy atom. The predicted octanol–water partition coefficient (Wildman–Crippen LogP) is 2.39. The van der Waals surface area contributed by atoms with Crippen molar-refractivity contribution in [2.45, 2.75) is 17.5 Å². The minimum absolute atomic E-state index is 1.12. The van der Waals surface area contributed by atoms with Gasteiger partial charge in [-0.15, -0.1) is 0 Å². The summed E-state index contributed by atoms with van der Waals surface area (Å²) in [6, 6.07) is 0. The molecule has 0 atom stereocenters. The Bertz CT molecular complexity index is 318. The molecule has 0 aromatic heterocycles. The molecule has 0 heterocycles. The fourth-order valence-electron chi connectivity index (χ4n) is 4.06. The fourth-order valence-corrected chi connectivity index (χ4v) is 30.8. The van der Waals surface area contributed by atoms with Gasteiger partial charge in [-0.2, -0.15) is 0 Å². The molecule has 0 bridgehead atoms. The number of hydrogen-bond donors (Lipinski definition) is 0. The summed E-state index contributed by atoms with van der Waals surface area (Å²) in [6.45, 7) is 2.36. The van der Waals surface area contributed by atoms with Gasteiger partial charge in [0, 0.05) is 0 Å². The number of hydrogen-bond acceptors (Lipinski definition) is 3. The van der Waals surface area contributed by atoms with Crippen LogP contribution in [0.3, 0.4) is 0 Å². The summed E-state index contributed by atoms with van der Waals surface area (Å²) < 4.78 is 10.5. The van der Waals surface area contributed by atoms with Crippen LogP contribution in [0.5, 0.6) is 0 Å². The summed E-state index contributed by atoms with van der Waals surface area (Å²) >= 11 is -3.51. The van der Waals surface area contributed by atoms with Gasteiger partial charge in [-0.05, 0) is 0 Å². The van der Waals surface area contributed by atoms with Gasteiger partial charge in [-0.1, -0.05) is 0 Å². The van der Waals surface area contributed by atoms with Crippen LogP contribution in [0.15, 0.2) is 21.6 Å². The van der Waals surface area contributed by atoms with E-state index in [1.165, 1.54) is 4.18 Å². The fraction of sp³-hybridized carbons (Fsp3) is 0.692. The average molecular weight is 405 g/mol. The molecule has 0 amide bonds. The van der Waals surface area contributed by atoms with E-state index in [4.69, 9.17) is 0 Å². The summed E-state index contributed by atoms with van der Waals surface area (Å²) in [5, 5.41) is 0. The van der Waals surface area contributed by atoms with Crippen LogP contribution in [0.2, 0.25) is 4.18 Å². The maximum absolute atomic E-state index is 3.51. The Hall–Kier alpha value is 0.230. The Balaban J connectivity index is 3.52. The second-order valence-electron chi connectivity index (χ2n) is 5.65. The first kappa shape index (κ1) is 15.3. The Kier molecular flexibility index (Phi) is 4.57. The van der Waals surface area contributed by atoms with E-state index in [2.05, 4.69) is 76.1 Å². The van der Waals surface area contributed by atoms with Crippen LogP contribution in [0.4, 0.5) is 0 Å². The first-order valence-corrected chi connectivity index (χ1v) is 15.5. The first-order chi connectivity index (χ1) is 7.84. The summed E-state index contributed by atoms with van der Waals surface area (Å²) in [6.07, 6.45) is 7.99. The Labute approximate surface area is 109 Å². The van der Waals surface area contributed by atoms with Crippen LogP contribution in [0.25, 0.3) is 0 Å². The van der Waals surface area contributed by atoms with Crippen molar-refractivity contribution < 1.29 is 19.4 Å². The minimum atomic E-state index is -3.51. The molecule has 1 aliphatic carbocycles. The third-order valence-electron chi connectivity index (χ3n) is 4.90. The topological polar surface area (TPSA) is 9.72 Å². The Morgan fingerprint density at radius 2 is 1.47 bits per heavy atom. The van der Waals surface area contributed by atoms with Gasteiger partial charge in [-0.3, -0.25) is 0 Å². The van der Waals surface area contributed by atoms with Crippen molar-refractivity contribution in [3.8, 4) is 0 Å². The maximum atomic E-state index is 2.55. The van der Waals surface area contributed by atoms with Gasteiger partial charge in [0.1, 0.15) is 0 Å². The zero-order valence-corrected chi connectivity index (χ0v) is 16.1. The van der Waals surface area contributed by atoms with Crippen LogP contribution < -0.4 is 0 Å². The second kappa shape index (κ2) is 5.08. The van der Waals surface area contributed by atoms with E-state index >= 15 is 0 Å². The van der Waals surface area contributed by atoms with Crippen molar-refractivity contribution in [3.05, 3.63) is 21.6 Å². The number of rotatable bonds is 5. The van der Waals surface area contributed by atoms with Crippen molar-refractivity contribution in [2.24, 2.45) is 0 Å². The van der Waals surface area contributed by atoms with Crippen LogP contribution in [-0.2, 0) is 19.4 Å². The Morgan fingerprint density at radius 1 is 1.00 bits per heavy atom. The van der Waals surface area contributed by atoms with E-state index in [0.29, 0.717) is 0 Å². The van der Waals surface area contributed by atoms with Crippen molar-refractivity contribution in [2.75, 3.05) is 42.3 Å². The molecule has 0 saturated carbocycles. The van der Waals surface area contributed by atoms with E-state index in [1.54, 1.807) is 3.33 Å². The molecule has 0 unspecified atom stereocenters. The van der Waals surface area contributed by atoms with Gasteiger partial charge in [0.05, 0.1) is 0 Å². The molecule has 0 N–H and O–H groups in total. The van der Waals surface area contributed by atoms with Gasteiger partial charge in [0.25, 0.3) is 0 Å². The zero-order valence-electron chi connectivity index (χ0n) is 12.5. The molecular weight excluding hydrogens is 377 g/mol.